The molecular formula is C20H19BrN2O3S. The number of sulfone groups is 1. The maximum Gasteiger partial charge on any atom is 0.236 e. The van der Waals surface area contributed by atoms with Crippen molar-refractivity contribution < 1.29 is 12.8 Å². The van der Waals surface area contributed by atoms with Gasteiger partial charge in [0.1, 0.15) is 0 Å². The van der Waals surface area contributed by atoms with Crippen LogP contribution in [-0.4, -0.2) is 26.5 Å². The van der Waals surface area contributed by atoms with Crippen molar-refractivity contribution in [1.82, 2.24) is 4.98 Å². The molecule has 27 heavy (non-hydrogen) atoms. The van der Waals surface area contributed by atoms with Crippen LogP contribution in [-0.2, 0) is 9.84 Å². The van der Waals surface area contributed by atoms with E-state index >= 15 is 0 Å². The van der Waals surface area contributed by atoms with Crippen molar-refractivity contribution in [1.29, 1.82) is 0 Å². The van der Waals surface area contributed by atoms with E-state index in [9.17, 15) is 8.42 Å². The normalized spacial score (nSPS) is 14.7. The van der Waals surface area contributed by atoms with E-state index < -0.39 is 9.84 Å². The van der Waals surface area contributed by atoms with Crippen LogP contribution in [0.4, 0.5) is 5.88 Å². The molecule has 0 bridgehead atoms. The van der Waals surface area contributed by atoms with Gasteiger partial charge < -0.3 is 9.32 Å². The van der Waals surface area contributed by atoms with E-state index in [-0.39, 0.29) is 9.92 Å². The molecule has 0 radical (unpaired) electrons. The summed E-state index contributed by atoms with van der Waals surface area (Å²) in [6.45, 7) is 3.52. The molecular weight excluding hydrogens is 428 g/mol. The first-order chi connectivity index (χ1) is 12.9. The molecule has 0 amide bonds. The minimum absolute atomic E-state index is 0.0109. The fourth-order valence-electron chi connectivity index (χ4n) is 3.22. The van der Waals surface area contributed by atoms with Crippen LogP contribution in [0.3, 0.4) is 0 Å². The quantitative estimate of drug-likeness (QED) is 0.573. The van der Waals surface area contributed by atoms with Crippen molar-refractivity contribution in [3.05, 3.63) is 58.6 Å². The van der Waals surface area contributed by atoms with E-state index in [0.717, 1.165) is 41.5 Å². The third kappa shape index (κ3) is 3.53. The first kappa shape index (κ1) is 18.3. The Balaban J connectivity index is 1.86. The molecule has 140 valence electrons. The van der Waals surface area contributed by atoms with Gasteiger partial charge in [-0.1, -0.05) is 33.6 Å². The van der Waals surface area contributed by atoms with Crippen LogP contribution < -0.4 is 4.90 Å². The number of benzene rings is 2. The number of aromatic nitrogens is 1. The van der Waals surface area contributed by atoms with E-state index in [1.165, 1.54) is 0 Å². The fourth-order valence-corrected chi connectivity index (χ4v) is 4.81. The summed E-state index contributed by atoms with van der Waals surface area (Å²) >= 11 is 3.34. The molecule has 0 N–H and O–H groups in total. The summed E-state index contributed by atoms with van der Waals surface area (Å²) in [6.07, 6.45) is 2.02. The number of rotatable bonds is 4. The molecule has 0 atom stereocenters. The molecule has 3 aromatic rings. The van der Waals surface area contributed by atoms with Gasteiger partial charge >= 0.3 is 0 Å². The van der Waals surface area contributed by atoms with Gasteiger partial charge in [-0.2, -0.15) is 4.98 Å². The molecule has 0 aliphatic carbocycles. The van der Waals surface area contributed by atoms with Gasteiger partial charge in [0.15, 0.2) is 0 Å². The zero-order chi connectivity index (χ0) is 19.0. The van der Waals surface area contributed by atoms with Crippen molar-refractivity contribution in [2.75, 3.05) is 18.0 Å². The summed E-state index contributed by atoms with van der Waals surface area (Å²) in [6, 6.07) is 14.3. The standard InChI is InChI=1S/C20H19BrN2O3S/c1-14-5-4-6-15(13-14)18-22-19(20(26-18)23-11-2-3-12-23)27(24,25)17-9-7-16(21)8-10-17/h4-10,13H,2-3,11-12H2,1H3. The lowest BCUT2D eigenvalue weighted by Gasteiger charge is -2.14. The second kappa shape index (κ2) is 7.13. The van der Waals surface area contributed by atoms with Crippen molar-refractivity contribution >= 4 is 31.7 Å². The van der Waals surface area contributed by atoms with E-state index in [1.54, 1.807) is 24.3 Å². The Morgan fingerprint density at radius 1 is 1.07 bits per heavy atom. The summed E-state index contributed by atoms with van der Waals surface area (Å²) < 4.78 is 33.4. The number of halogens is 1. The molecule has 0 saturated carbocycles. The molecule has 1 aliphatic heterocycles. The van der Waals surface area contributed by atoms with Gasteiger partial charge in [-0.05, 0) is 56.2 Å². The smallest absolute Gasteiger partial charge is 0.236 e. The van der Waals surface area contributed by atoms with Gasteiger partial charge in [-0.3, -0.25) is 0 Å². The van der Waals surface area contributed by atoms with Crippen molar-refractivity contribution in [2.24, 2.45) is 0 Å². The number of hydrogen-bond acceptors (Lipinski definition) is 5. The van der Waals surface area contributed by atoms with E-state index in [2.05, 4.69) is 20.9 Å². The Morgan fingerprint density at radius 3 is 2.44 bits per heavy atom. The van der Waals surface area contributed by atoms with Gasteiger partial charge in [0, 0.05) is 23.1 Å². The number of nitrogens with zero attached hydrogens (tertiary/aromatic N) is 2. The van der Waals surface area contributed by atoms with Gasteiger partial charge in [-0.15, -0.1) is 0 Å². The molecule has 0 spiro atoms. The summed E-state index contributed by atoms with van der Waals surface area (Å²) in [5, 5.41) is -0.0109. The van der Waals surface area contributed by atoms with Crippen molar-refractivity contribution in [2.45, 2.75) is 29.7 Å². The molecule has 7 heteroatoms. The highest BCUT2D eigenvalue weighted by molar-refractivity contribution is 9.10. The van der Waals surface area contributed by atoms with Gasteiger partial charge in [0.2, 0.25) is 26.6 Å². The maximum absolute atomic E-state index is 13.3. The lowest BCUT2D eigenvalue weighted by molar-refractivity contribution is 0.556. The Morgan fingerprint density at radius 2 is 1.78 bits per heavy atom. The highest BCUT2D eigenvalue weighted by atomic mass is 79.9. The highest BCUT2D eigenvalue weighted by Crippen LogP contribution is 2.36. The summed E-state index contributed by atoms with van der Waals surface area (Å²) in [7, 11) is -3.79. The Labute approximate surface area is 167 Å². The molecule has 1 aromatic heterocycles. The topological polar surface area (TPSA) is 63.4 Å². The number of hydrogen-bond donors (Lipinski definition) is 0. The second-order valence-corrected chi connectivity index (χ2v) is 9.43. The van der Waals surface area contributed by atoms with Crippen LogP contribution in [0.25, 0.3) is 11.5 Å². The Kier molecular flexibility index (Phi) is 4.82. The summed E-state index contributed by atoms with van der Waals surface area (Å²) in [5.41, 5.74) is 1.83. The largest absolute Gasteiger partial charge is 0.419 e. The molecule has 2 heterocycles. The van der Waals surface area contributed by atoms with Crippen molar-refractivity contribution in [3.8, 4) is 11.5 Å². The van der Waals surface area contributed by atoms with Crippen molar-refractivity contribution in [3.63, 3.8) is 0 Å². The van der Waals surface area contributed by atoms with E-state index in [1.807, 2.05) is 36.1 Å². The zero-order valence-electron chi connectivity index (χ0n) is 14.9. The predicted octanol–water partition coefficient (Wildman–Crippen LogP) is 4.85. The minimum Gasteiger partial charge on any atom is -0.419 e. The van der Waals surface area contributed by atoms with Gasteiger partial charge in [0.05, 0.1) is 4.90 Å². The lowest BCUT2D eigenvalue weighted by Crippen LogP contribution is -2.19. The predicted molar refractivity (Wildman–Crippen MR) is 108 cm³/mol. The first-order valence-electron chi connectivity index (χ1n) is 8.78. The number of aryl methyl sites for hydroxylation is 1. The maximum atomic E-state index is 13.3. The summed E-state index contributed by atoms with van der Waals surface area (Å²) in [5.74, 6) is 0.670. The minimum atomic E-state index is -3.79. The van der Waals surface area contributed by atoms with Crippen LogP contribution in [0.2, 0.25) is 0 Å². The van der Waals surface area contributed by atoms with E-state index in [4.69, 9.17) is 4.42 Å². The average molecular weight is 447 g/mol. The molecule has 2 aromatic carbocycles. The fraction of sp³-hybridized carbons (Fsp3) is 0.250. The number of anilines is 1. The second-order valence-electron chi connectivity index (χ2n) is 6.65. The zero-order valence-corrected chi connectivity index (χ0v) is 17.3. The molecule has 1 aliphatic rings. The third-order valence-corrected chi connectivity index (χ3v) is 6.81. The van der Waals surface area contributed by atoms with E-state index in [0.29, 0.717) is 11.8 Å². The van der Waals surface area contributed by atoms with Crippen LogP contribution in [0, 0.1) is 6.92 Å². The van der Waals surface area contributed by atoms with Gasteiger partial charge in [0.25, 0.3) is 0 Å². The third-order valence-electron chi connectivity index (χ3n) is 4.62. The van der Waals surface area contributed by atoms with Crippen LogP contribution >= 0.6 is 15.9 Å². The highest BCUT2D eigenvalue weighted by Gasteiger charge is 2.32. The molecule has 5 nitrogen and oxygen atoms in total. The average Bonchev–Trinajstić information content (AvgIpc) is 3.32. The summed E-state index contributed by atoms with van der Waals surface area (Å²) in [4.78, 5) is 6.60. The van der Waals surface area contributed by atoms with Gasteiger partial charge in [-0.25, -0.2) is 8.42 Å². The van der Waals surface area contributed by atoms with Crippen LogP contribution in [0.1, 0.15) is 18.4 Å². The first-order valence-corrected chi connectivity index (χ1v) is 11.1. The number of oxazole rings is 1. The van der Waals surface area contributed by atoms with Crippen LogP contribution in [0.5, 0.6) is 0 Å². The molecule has 1 saturated heterocycles. The lowest BCUT2D eigenvalue weighted by atomic mass is 10.1. The monoisotopic (exact) mass is 446 g/mol. The Hall–Kier alpha value is -2.12. The van der Waals surface area contributed by atoms with Crippen LogP contribution in [0.15, 0.2) is 67.3 Å². The Bertz CT molecular complexity index is 1070. The molecule has 1 fully saturated rings. The molecule has 0 unspecified atom stereocenters. The molecule has 4 rings (SSSR count). The SMILES string of the molecule is Cc1cccc(-c2nc(S(=O)(=O)c3ccc(Br)cc3)c(N3CCCC3)o2)c1.